The van der Waals surface area contributed by atoms with Gasteiger partial charge in [-0.3, -0.25) is 4.98 Å². The van der Waals surface area contributed by atoms with Gasteiger partial charge in [0.05, 0.1) is 7.11 Å². The van der Waals surface area contributed by atoms with Gasteiger partial charge in [-0.05, 0) is 23.8 Å². The lowest BCUT2D eigenvalue weighted by Gasteiger charge is -1.96. The molecule has 2 aromatic rings. The molecule has 16 heavy (non-hydrogen) atoms. The Labute approximate surface area is 97.2 Å². The third-order valence-corrected chi connectivity index (χ3v) is 2.46. The van der Waals surface area contributed by atoms with E-state index in [2.05, 4.69) is 14.7 Å². The van der Waals surface area contributed by atoms with E-state index in [1.165, 1.54) is 7.11 Å². The molecule has 0 bridgehead atoms. The molecule has 0 saturated heterocycles. The van der Waals surface area contributed by atoms with Crippen LogP contribution < -0.4 is 0 Å². The molecule has 0 amide bonds. The minimum atomic E-state index is -0.442. The molecule has 0 radical (unpaired) electrons. The predicted molar refractivity (Wildman–Crippen MR) is 60.4 cm³/mol. The van der Waals surface area contributed by atoms with Gasteiger partial charge in [0.25, 0.3) is 0 Å². The molecule has 0 saturated carbocycles. The summed E-state index contributed by atoms with van der Waals surface area (Å²) in [5.74, 6) is -0.442. The normalized spacial score (nSPS) is 10.1. The highest BCUT2D eigenvalue weighted by Gasteiger charge is 2.13. The number of nitrogens with one attached hydrogen (secondary N) is 1. The number of carbonyl (C=O) groups is 1. The SMILES string of the molecule is COC(=O)c1cc(-c2ccncc2)c(Cl)[nH]1. The van der Waals surface area contributed by atoms with E-state index >= 15 is 0 Å². The number of aromatic nitrogens is 2. The van der Waals surface area contributed by atoms with Gasteiger partial charge in [-0.25, -0.2) is 4.79 Å². The fourth-order valence-corrected chi connectivity index (χ4v) is 1.66. The maximum Gasteiger partial charge on any atom is 0.354 e. The Morgan fingerprint density at radius 2 is 2.12 bits per heavy atom. The van der Waals surface area contributed by atoms with Crippen LogP contribution in [0, 0.1) is 0 Å². The van der Waals surface area contributed by atoms with Crippen molar-refractivity contribution < 1.29 is 9.53 Å². The summed E-state index contributed by atoms with van der Waals surface area (Å²) in [5, 5.41) is 0.409. The molecule has 0 aromatic carbocycles. The molecule has 82 valence electrons. The zero-order valence-electron chi connectivity index (χ0n) is 8.53. The number of halogens is 1. The van der Waals surface area contributed by atoms with Crippen molar-refractivity contribution in [3.63, 3.8) is 0 Å². The van der Waals surface area contributed by atoms with Crippen LogP contribution in [-0.2, 0) is 4.74 Å². The quantitative estimate of drug-likeness (QED) is 0.816. The fraction of sp³-hybridized carbons (Fsp3) is 0.0909. The number of carbonyl (C=O) groups excluding carboxylic acids is 1. The molecule has 0 aliphatic rings. The van der Waals surface area contributed by atoms with Crippen LogP contribution >= 0.6 is 11.6 Å². The number of hydrogen-bond donors (Lipinski definition) is 1. The standard InChI is InChI=1S/C11H9ClN2O2/c1-16-11(15)9-6-8(10(12)14-9)7-2-4-13-5-3-7/h2-6,14H,1H3. The Balaban J connectivity index is 2.44. The topological polar surface area (TPSA) is 55.0 Å². The van der Waals surface area contributed by atoms with Crippen LogP contribution in [0.4, 0.5) is 0 Å². The molecule has 5 heteroatoms. The molecular weight excluding hydrogens is 228 g/mol. The Morgan fingerprint density at radius 3 is 2.75 bits per heavy atom. The molecule has 1 N–H and O–H groups in total. The van der Waals surface area contributed by atoms with Gasteiger partial charge < -0.3 is 9.72 Å². The molecule has 0 atom stereocenters. The maximum atomic E-state index is 11.3. The van der Waals surface area contributed by atoms with Gasteiger partial charge in [-0.1, -0.05) is 11.6 Å². The summed E-state index contributed by atoms with van der Waals surface area (Å²) in [5.41, 5.74) is 1.98. The van der Waals surface area contributed by atoms with Gasteiger partial charge in [0.15, 0.2) is 0 Å². The molecule has 0 aliphatic heterocycles. The zero-order valence-corrected chi connectivity index (χ0v) is 9.28. The van der Waals surface area contributed by atoms with Crippen molar-refractivity contribution in [2.75, 3.05) is 7.11 Å². The summed E-state index contributed by atoms with van der Waals surface area (Å²) in [6, 6.07) is 5.29. The van der Waals surface area contributed by atoms with Gasteiger partial charge in [0, 0.05) is 18.0 Å². The molecule has 0 fully saturated rings. The van der Waals surface area contributed by atoms with Crippen LogP contribution in [0.1, 0.15) is 10.5 Å². The molecule has 4 nitrogen and oxygen atoms in total. The monoisotopic (exact) mass is 236 g/mol. The zero-order chi connectivity index (χ0) is 11.5. The third kappa shape index (κ3) is 1.92. The summed E-state index contributed by atoms with van der Waals surface area (Å²) in [4.78, 5) is 18.0. The first-order valence-electron chi connectivity index (χ1n) is 4.59. The van der Waals surface area contributed by atoms with E-state index in [0.29, 0.717) is 10.8 Å². The van der Waals surface area contributed by atoms with Crippen molar-refractivity contribution in [3.8, 4) is 11.1 Å². The average Bonchev–Trinajstić information content (AvgIpc) is 2.71. The van der Waals surface area contributed by atoms with Crippen LogP contribution in [-0.4, -0.2) is 23.0 Å². The van der Waals surface area contributed by atoms with Gasteiger partial charge in [0.2, 0.25) is 0 Å². The van der Waals surface area contributed by atoms with E-state index in [4.69, 9.17) is 11.6 Å². The summed E-state index contributed by atoms with van der Waals surface area (Å²) in [6.45, 7) is 0. The maximum absolute atomic E-state index is 11.3. The summed E-state index contributed by atoms with van der Waals surface area (Å²) >= 11 is 6.00. The first-order chi connectivity index (χ1) is 7.72. The van der Waals surface area contributed by atoms with Crippen LogP contribution in [0.5, 0.6) is 0 Å². The lowest BCUT2D eigenvalue weighted by Crippen LogP contribution is -2.00. The Kier molecular flexibility index (Phi) is 2.92. The summed E-state index contributed by atoms with van der Waals surface area (Å²) < 4.78 is 4.60. The molecule has 0 aliphatic carbocycles. The predicted octanol–water partition coefficient (Wildman–Crippen LogP) is 2.52. The van der Waals surface area contributed by atoms with Crippen LogP contribution in [0.2, 0.25) is 5.15 Å². The van der Waals surface area contributed by atoms with Crippen LogP contribution in [0.25, 0.3) is 11.1 Å². The summed E-state index contributed by atoms with van der Waals surface area (Å²) in [6.07, 6.45) is 3.33. The van der Waals surface area contributed by atoms with E-state index in [1.54, 1.807) is 18.5 Å². The molecule has 0 unspecified atom stereocenters. The number of methoxy groups -OCH3 is 1. The number of esters is 1. The highest BCUT2D eigenvalue weighted by Crippen LogP contribution is 2.28. The fourth-order valence-electron chi connectivity index (χ4n) is 1.39. The first kappa shape index (κ1) is 10.7. The first-order valence-corrected chi connectivity index (χ1v) is 4.97. The van der Waals surface area contributed by atoms with Crippen LogP contribution in [0.15, 0.2) is 30.6 Å². The molecular formula is C11H9ClN2O2. The third-order valence-electron chi connectivity index (χ3n) is 2.17. The van der Waals surface area contributed by atoms with Crippen molar-refractivity contribution in [2.45, 2.75) is 0 Å². The highest BCUT2D eigenvalue weighted by atomic mass is 35.5. The number of aromatic amines is 1. The average molecular weight is 237 g/mol. The minimum Gasteiger partial charge on any atom is -0.464 e. The van der Waals surface area contributed by atoms with E-state index in [-0.39, 0.29) is 0 Å². The second-order valence-electron chi connectivity index (χ2n) is 3.14. The number of nitrogens with zero attached hydrogens (tertiary/aromatic N) is 1. The van der Waals surface area contributed by atoms with Crippen molar-refractivity contribution >= 4 is 17.6 Å². The number of rotatable bonds is 2. The lowest BCUT2D eigenvalue weighted by molar-refractivity contribution is 0.0595. The Bertz CT molecular complexity index is 508. The number of ether oxygens (including phenoxy) is 1. The number of hydrogen-bond acceptors (Lipinski definition) is 3. The van der Waals surface area contributed by atoms with Crippen molar-refractivity contribution in [1.82, 2.24) is 9.97 Å². The van der Waals surface area contributed by atoms with Crippen molar-refractivity contribution in [2.24, 2.45) is 0 Å². The van der Waals surface area contributed by atoms with E-state index in [9.17, 15) is 4.79 Å². The van der Waals surface area contributed by atoms with Crippen LogP contribution in [0.3, 0.4) is 0 Å². The molecule has 2 heterocycles. The van der Waals surface area contributed by atoms with Crippen molar-refractivity contribution in [3.05, 3.63) is 41.4 Å². The Hall–Kier alpha value is -1.81. The van der Waals surface area contributed by atoms with Crippen molar-refractivity contribution in [1.29, 1.82) is 0 Å². The second kappa shape index (κ2) is 4.37. The van der Waals surface area contributed by atoms with E-state index < -0.39 is 5.97 Å². The van der Waals surface area contributed by atoms with Gasteiger partial charge >= 0.3 is 5.97 Å². The highest BCUT2D eigenvalue weighted by molar-refractivity contribution is 6.32. The van der Waals surface area contributed by atoms with E-state index in [0.717, 1.165) is 11.1 Å². The minimum absolute atomic E-state index is 0.333. The number of H-pyrrole nitrogens is 1. The largest absolute Gasteiger partial charge is 0.464 e. The molecule has 2 aromatic heterocycles. The van der Waals surface area contributed by atoms with Gasteiger partial charge in [0.1, 0.15) is 10.8 Å². The smallest absolute Gasteiger partial charge is 0.354 e. The molecule has 0 spiro atoms. The molecule has 2 rings (SSSR count). The van der Waals surface area contributed by atoms with Gasteiger partial charge in [-0.15, -0.1) is 0 Å². The Morgan fingerprint density at radius 1 is 1.44 bits per heavy atom. The van der Waals surface area contributed by atoms with E-state index in [1.807, 2.05) is 12.1 Å². The summed E-state index contributed by atoms with van der Waals surface area (Å²) in [7, 11) is 1.32. The number of pyridine rings is 1. The van der Waals surface area contributed by atoms with Gasteiger partial charge in [-0.2, -0.15) is 0 Å². The second-order valence-corrected chi connectivity index (χ2v) is 3.52. The lowest BCUT2D eigenvalue weighted by atomic mass is 10.1.